The Kier molecular flexibility index (Phi) is 6.17. The Labute approximate surface area is 92.1 Å². The summed E-state index contributed by atoms with van der Waals surface area (Å²) in [6.07, 6.45) is 3.27. The molecule has 0 aromatic carbocycles. The molecule has 0 aliphatic carbocycles. The minimum atomic E-state index is 0.227. The zero-order chi connectivity index (χ0) is 11.0. The largest absolute Gasteiger partial charge is 0.382 e. The first-order chi connectivity index (χ1) is 7.33. The van der Waals surface area contributed by atoms with Gasteiger partial charge in [-0.2, -0.15) is 0 Å². The molecule has 0 amide bonds. The summed E-state index contributed by atoms with van der Waals surface area (Å²) in [5.74, 6) is 0. The van der Waals surface area contributed by atoms with Crippen LogP contribution < -0.4 is 5.73 Å². The van der Waals surface area contributed by atoms with Crippen molar-refractivity contribution in [3.05, 3.63) is 0 Å². The molecule has 2 N–H and O–H groups in total. The number of hydrogen-bond donors (Lipinski definition) is 1. The first-order valence-corrected chi connectivity index (χ1v) is 5.67. The van der Waals surface area contributed by atoms with Crippen molar-refractivity contribution in [3.8, 4) is 0 Å². The monoisotopic (exact) mass is 217 g/mol. The van der Waals surface area contributed by atoms with Gasteiger partial charge in [0.25, 0.3) is 0 Å². The van der Waals surface area contributed by atoms with E-state index in [1.807, 2.05) is 0 Å². The van der Waals surface area contributed by atoms with Gasteiger partial charge in [0.1, 0.15) is 0 Å². The number of nitrogens with two attached hydrogens (primary N) is 1. The van der Waals surface area contributed by atoms with Crippen LogP contribution in [0.3, 0.4) is 0 Å². The molecular formula is C11H23NO3. The van der Waals surface area contributed by atoms with Crippen LogP contribution in [0.4, 0.5) is 0 Å². The zero-order valence-corrected chi connectivity index (χ0v) is 9.67. The molecule has 0 saturated carbocycles. The van der Waals surface area contributed by atoms with Crippen LogP contribution >= 0.6 is 0 Å². The molecule has 1 fully saturated rings. The van der Waals surface area contributed by atoms with Crippen LogP contribution in [0.1, 0.15) is 19.3 Å². The van der Waals surface area contributed by atoms with Gasteiger partial charge in [0.15, 0.2) is 0 Å². The standard InChI is InChI=1S/C11H23NO3/c1-13-7-8-14-5-2-3-11(9-12)4-6-15-10-11/h2-10,12H2,1H3. The van der Waals surface area contributed by atoms with Crippen LogP contribution in [0.2, 0.25) is 0 Å². The molecular weight excluding hydrogens is 194 g/mol. The average molecular weight is 217 g/mol. The predicted molar refractivity (Wildman–Crippen MR) is 58.9 cm³/mol. The number of ether oxygens (including phenoxy) is 3. The zero-order valence-electron chi connectivity index (χ0n) is 9.67. The van der Waals surface area contributed by atoms with E-state index in [4.69, 9.17) is 19.9 Å². The van der Waals surface area contributed by atoms with E-state index in [0.29, 0.717) is 13.2 Å². The van der Waals surface area contributed by atoms with Gasteiger partial charge in [-0.3, -0.25) is 0 Å². The molecule has 1 heterocycles. The van der Waals surface area contributed by atoms with Gasteiger partial charge < -0.3 is 19.9 Å². The van der Waals surface area contributed by atoms with Crippen LogP contribution in [0.5, 0.6) is 0 Å². The van der Waals surface area contributed by atoms with Crippen LogP contribution in [0.15, 0.2) is 0 Å². The van der Waals surface area contributed by atoms with Crippen molar-refractivity contribution in [3.63, 3.8) is 0 Å². The van der Waals surface area contributed by atoms with E-state index in [2.05, 4.69) is 0 Å². The molecule has 0 spiro atoms. The summed E-state index contributed by atoms with van der Waals surface area (Å²) >= 11 is 0. The van der Waals surface area contributed by atoms with Crippen LogP contribution in [0, 0.1) is 5.41 Å². The molecule has 4 heteroatoms. The average Bonchev–Trinajstić information content (AvgIpc) is 2.73. The lowest BCUT2D eigenvalue weighted by Gasteiger charge is -2.25. The fourth-order valence-electron chi connectivity index (χ4n) is 1.90. The number of rotatable bonds is 8. The molecule has 0 aromatic heterocycles. The van der Waals surface area contributed by atoms with E-state index in [9.17, 15) is 0 Å². The molecule has 1 atom stereocenters. The van der Waals surface area contributed by atoms with Gasteiger partial charge in [-0.1, -0.05) is 0 Å². The molecule has 15 heavy (non-hydrogen) atoms. The van der Waals surface area contributed by atoms with Gasteiger partial charge in [-0.15, -0.1) is 0 Å². The fraction of sp³-hybridized carbons (Fsp3) is 1.00. The summed E-state index contributed by atoms with van der Waals surface area (Å²) in [4.78, 5) is 0. The molecule has 4 nitrogen and oxygen atoms in total. The summed E-state index contributed by atoms with van der Waals surface area (Å²) in [5.41, 5.74) is 6.02. The van der Waals surface area contributed by atoms with Crippen LogP contribution in [0.25, 0.3) is 0 Å². The molecule has 1 saturated heterocycles. The van der Waals surface area contributed by atoms with Crippen LogP contribution in [-0.2, 0) is 14.2 Å². The highest BCUT2D eigenvalue weighted by atomic mass is 16.5. The van der Waals surface area contributed by atoms with Gasteiger partial charge in [0.05, 0.1) is 19.8 Å². The highest BCUT2D eigenvalue weighted by Crippen LogP contribution is 2.32. The second-order valence-electron chi connectivity index (χ2n) is 4.22. The molecule has 0 aromatic rings. The number of hydrogen-bond acceptors (Lipinski definition) is 4. The Morgan fingerprint density at radius 3 is 2.80 bits per heavy atom. The smallest absolute Gasteiger partial charge is 0.0700 e. The number of methoxy groups -OCH3 is 1. The van der Waals surface area contributed by atoms with E-state index in [1.165, 1.54) is 0 Å². The van der Waals surface area contributed by atoms with Gasteiger partial charge in [-0.05, 0) is 19.3 Å². The van der Waals surface area contributed by atoms with Gasteiger partial charge >= 0.3 is 0 Å². The van der Waals surface area contributed by atoms with Crippen molar-refractivity contribution >= 4 is 0 Å². The third kappa shape index (κ3) is 4.47. The Balaban J connectivity index is 2.02. The van der Waals surface area contributed by atoms with Crippen molar-refractivity contribution in [1.29, 1.82) is 0 Å². The highest BCUT2D eigenvalue weighted by molar-refractivity contribution is 4.83. The van der Waals surface area contributed by atoms with Gasteiger partial charge in [0, 0.05) is 32.3 Å². The Morgan fingerprint density at radius 1 is 1.33 bits per heavy atom. The first kappa shape index (κ1) is 12.9. The lowest BCUT2D eigenvalue weighted by Crippen LogP contribution is -2.31. The summed E-state index contributed by atoms with van der Waals surface area (Å²) in [6.45, 7) is 4.56. The normalized spacial score (nSPS) is 26.0. The Hall–Kier alpha value is -0.160. The van der Waals surface area contributed by atoms with E-state index in [-0.39, 0.29) is 5.41 Å². The first-order valence-electron chi connectivity index (χ1n) is 5.67. The highest BCUT2D eigenvalue weighted by Gasteiger charge is 2.32. The van der Waals surface area contributed by atoms with E-state index >= 15 is 0 Å². The third-order valence-corrected chi connectivity index (χ3v) is 3.05. The van der Waals surface area contributed by atoms with Crippen molar-refractivity contribution in [2.24, 2.45) is 11.1 Å². The van der Waals surface area contributed by atoms with Crippen molar-refractivity contribution in [1.82, 2.24) is 0 Å². The SMILES string of the molecule is COCCOCCCC1(CN)CCOC1. The van der Waals surface area contributed by atoms with Crippen molar-refractivity contribution in [2.45, 2.75) is 19.3 Å². The topological polar surface area (TPSA) is 53.7 Å². The van der Waals surface area contributed by atoms with Gasteiger partial charge in [0.2, 0.25) is 0 Å². The summed E-state index contributed by atoms with van der Waals surface area (Å²) in [7, 11) is 1.68. The van der Waals surface area contributed by atoms with E-state index in [0.717, 1.165) is 45.6 Å². The van der Waals surface area contributed by atoms with E-state index in [1.54, 1.807) is 7.11 Å². The minimum Gasteiger partial charge on any atom is -0.382 e. The molecule has 90 valence electrons. The van der Waals surface area contributed by atoms with Crippen LogP contribution in [-0.4, -0.2) is 46.7 Å². The predicted octanol–water partition coefficient (Wildman–Crippen LogP) is 0.795. The fourth-order valence-corrected chi connectivity index (χ4v) is 1.90. The van der Waals surface area contributed by atoms with Gasteiger partial charge in [-0.25, -0.2) is 0 Å². The summed E-state index contributed by atoms with van der Waals surface area (Å²) < 4.78 is 15.7. The molecule has 1 aliphatic heterocycles. The molecule has 1 rings (SSSR count). The molecule has 1 aliphatic rings. The quantitative estimate of drug-likeness (QED) is 0.611. The molecule has 1 unspecified atom stereocenters. The lowest BCUT2D eigenvalue weighted by atomic mass is 9.83. The Bertz CT molecular complexity index is 158. The maximum absolute atomic E-state index is 5.79. The second kappa shape index (κ2) is 7.17. The van der Waals surface area contributed by atoms with Crippen molar-refractivity contribution in [2.75, 3.05) is 46.7 Å². The van der Waals surface area contributed by atoms with Crippen molar-refractivity contribution < 1.29 is 14.2 Å². The second-order valence-corrected chi connectivity index (χ2v) is 4.22. The lowest BCUT2D eigenvalue weighted by molar-refractivity contribution is 0.0622. The Morgan fingerprint density at radius 2 is 2.20 bits per heavy atom. The summed E-state index contributed by atoms with van der Waals surface area (Å²) in [5, 5.41) is 0. The summed E-state index contributed by atoms with van der Waals surface area (Å²) in [6, 6.07) is 0. The maximum atomic E-state index is 5.79. The molecule has 0 bridgehead atoms. The third-order valence-electron chi connectivity index (χ3n) is 3.05. The molecule has 0 radical (unpaired) electrons. The van der Waals surface area contributed by atoms with E-state index < -0.39 is 0 Å². The minimum absolute atomic E-state index is 0.227. The maximum Gasteiger partial charge on any atom is 0.0700 e.